The van der Waals surface area contributed by atoms with Crippen molar-refractivity contribution < 1.29 is 23.7 Å². The molecule has 4 aromatic rings. The SMILES string of the molecule is COc1cc2c(c(OCC3CCCN(c4ccc(NC(=O)OC(C)(C)C)cc4)C3)c1)C=C(c1cn3nc(OC)sc3n1)C2. The molecule has 0 saturated carbocycles. The molecule has 3 heterocycles. The molecule has 43 heavy (non-hydrogen) atoms. The maximum atomic E-state index is 12.1. The lowest BCUT2D eigenvalue weighted by Gasteiger charge is -2.34. The van der Waals surface area contributed by atoms with E-state index in [1.54, 1.807) is 18.7 Å². The Morgan fingerprint density at radius 3 is 2.67 bits per heavy atom. The number of imidazole rings is 1. The van der Waals surface area contributed by atoms with E-state index in [1.807, 2.05) is 57.3 Å². The largest absolute Gasteiger partial charge is 0.497 e. The zero-order valence-electron chi connectivity index (χ0n) is 25.2. The Kier molecular flexibility index (Phi) is 7.91. The van der Waals surface area contributed by atoms with E-state index in [-0.39, 0.29) is 0 Å². The number of anilines is 2. The summed E-state index contributed by atoms with van der Waals surface area (Å²) in [6.07, 6.45) is 6.60. The molecular weight excluding hydrogens is 566 g/mol. The van der Waals surface area contributed by atoms with Gasteiger partial charge in [0.05, 0.1) is 32.7 Å². The molecule has 11 heteroatoms. The Morgan fingerprint density at radius 2 is 1.95 bits per heavy atom. The van der Waals surface area contributed by atoms with E-state index in [4.69, 9.17) is 23.9 Å². The smallest absolute Gasteiger partial charge is 0.412 e. The van der Waals surface area contributed by atoms with E-state index in [0.717, 1.165) is 76.9 Å². The van der Waals surface area contributed by atoms with Gasteiger partial charge in [-0.05, 0) is 92.5 Å². The summed E-state index contributed by atoms with van der Waals surface area (Å²) in [6.45, 7) is 8.04. The van der Waals surface area contributed by atoms with E-state index in [9.17, 15) is 4.79 Å². The van der Waals surface area contributed by atoms with Crippen molar-refractivity contribution in [3.63, 3.8) is 0 Å². The van der Waals surface area contributed by atoms with Crippen LogP contribution in [0.3, 0.4) is 0 Å². The molecule has 0 bridgehead atoms. The lowest BCUT2D eigenvalue weighted by Crippen LogP contribution is -2.37. The van der Waals surface area contributed by atoms with E-state index >= 15 is 0 Å². The summed E-state index contributed by atoms with van der Waals surface area (Å²) in [7, 11) is 3.30. The second-order valence-electron chi connectivity index (χ2n) is 11.9. The van der Waals surface area contributed by atoms with E-state index < -0.39 is 11.7 Å². The second kappa shape index (κ2) is 11.8. The van der Waals surface area contributed by atoms with Crippen LogP contribution in [0, 0.1) is 5.92 Å². The minimum atomic E-state index is -0.539. The summed E-state index contributed by atoms with van der Waals surface area (Å²) in [6, 6.07) is 12.0. The fraction of sp³-hybridized carbons (Fsp3) is 0.406. The van der Waals surface area contributed by atoms with Gasteiger partial charge in [-0.3, -0.25) is 5.32 Å². The molecular formula is C32H37N5O5S. The zero-order valence-corrected chi connectivity index (χ0v) is 26.0. The number of allylic oxidation sites excluding steroid dienone is 1. The molecule has 1 aliphatic heterocycles. The summed E-state index contributed by atoms with van der Waals surface area (Å²) in [5.41, 5.74) is 5.57. The number of ether oxygens (including phenoxy) is 4. The van der Waals surface area contributed by atoms with Crippen LogP contribution >= 0.6 is 11.3 Å². The number of hydrogen-bond donors (Lipinski definition) is 1. The molecule has 1 unspecified atom stereocenters. The number of hydrogen-bond acceptors (Lipinski definition) is 9. The third kappa shape index (κ3) is 6.56. The van der Waals surface area contributed by atoms with Crippen molar-refractivity contribution in [1.82, 2.24) is 14.6 Å². The molecule has 1 saturated heterocycles. The van der Waals surface area contributed by atoms with Gasteiger partial charge >= 0.3 is 6.09 Å². The lowest BCUT2D eigenvalue weighted by molar-refractivity contribution is 0.0636. The molecule has 6 rings (SSSR count). The van der Waals surface area contributed by atoms with Gasteiger partial charge in [0.15, 0.2) is 0 Å². The normalized spacial score (nSPS) is 16.5. The lowest BCUT2D eigenvalue weighted by atomic mass is 9.98. The molecule has 1 aliphatic carbocycles. The van der Waals surface area contributed by atoms with Gasteiger partial charge in [0.2, 0.25) is 4.96 Å². The monoisotopic (exact) mass is 603 g/mol. The van der Waals surface area contributed by atoms with Crippen molar-refractivity contribution in [2.75, 3.05) is 44.1 Å². The number of methoxy groups -OCH3 is 2. The third-order valence-electron chi connectivity index (χ3n) is 7.54. The minimum Gasteiger partial charge on any atom is -0.497 e. The molecule has 2 aromatic heterocycles. The molecule has 1 N–H and O–H groups in total. The topological polar surface area (TPSA) is 99.5 Å². The molecule has 2 aliphatic rings. The van der Waals surface area contributed by atoms with Crippen LogP contribution in [0.4, 0.5) is 16.2 Å². The molecule has 2 aromatic carbocycles. The number of nitrogens with zero attached hydrogens (tertiary/aromatic N) is 4. The van der Waals surface area contributed by atoms with Crippen LogP contribution in [0.2, 0.25) is 0 Å². The maximum absolute atomic E-state index is 12.1. The molecule has 0 radical (unpaired) electrons. The summed E-state index contributed by atoms with van der Waals surface area (Å²) < 4.78 is 24.5. The first kappa shape index (κ1) is 28.9. The van der Waals surface area contributed by atoms with Crippen molar-refractivity contribution in [1.29, 1.82) is 0 Å². The van der Waals surface area contributed by atoms with Gasteiger partial charge in [-0.2, -0.15) is 0 Å². The summed E-state index contributed by atoms with van der Waals surface area (Å²) in [5, 5.41) is 7.80. The van der Waals surface area contributed by atoms with Crippen LogP contribution in [-0.4, -0.2) is 60.2 Å². The number of benzene rings is 2. The number of nitrogens with one attached hydrogen (secondary N) is 1. The molecule has 10 nitrogen and oxygen atoms in total. The van der Waals surface area contributed by atoms with Gasteiger partial charge in [-0.1, -0.05) is 0 Å². The number of carbonyl (C=O) groups is 1. The van der Waals surface area contributed by atoms with Crippen molar-refractivity contribution >= 4 is 45.4 Å². The van der Waals surface area contributed by atoms with Crippen LogP contribution < -0.4 is 24.4 Å². The molecule has 226 valence electrons. The second-order valence-corrected chi connectivity index (χ2v) is 12.8. The summed E-state index contributed by atoms with van der Waals surface area (Å²) in [5.74, 6) is 1.99. The van der Waals surface area contributed by atoms with Crippen LogP contribution in [-0.2, 0) is 11.2 Å². The van der Waals surface area contributed by atoms with E-state index in [1.165, 1.54) is 11.3 Å². The Hall–Kier alpha value is -4.25. The Balaban J connectivity index is 1.11. The van der Waals surface area contributed by atoms with Crippen molar-refractivity contribution in [2.24, 2.45) is 5.92 Å². The number of carbonyl (C=O) groups excluding carboxylic acids is 1. The first-order chi connectivity index (χ1) is 20.7. The predicted octanol–water partition coefficient (Wildman–Crippen LogP) is 6.55. The average molecular weight is 604 g/mol. The highest BCUT2D eigenvalue weighted by Gasteiger charge is 2.25. The Labute approximate surface area is 255 Å². The van der Waals surface area contributed by atoms with E-state index in [0.29, 0.717) is 23.4 Å². The number of piperidine rings is 1. The first-order valence-electron chi connectivity index (χ1n) is 14.5. The molecule has 1 fully saturated rings. The maximum Gasteiger partial charge on any atom is 0.412 e. The standard InChI is InChI=1S/C32H37N5O5S/c1-32(2,3)42-30(38)33-23-8-10-24(11-9-23)36-12-6-7-20(17-36)19-41-28-16-25(39-4)14-21-13-22(15-26(21)28)27-18-37-29(34-27)43-31(35-37)40-5/h8-11,14-16,18,20H,6-7,12-13,17,19H2,1-5H3,(H,33,38). The number of amides is 1. The van der Waals surface area contributed by atoms with Gasteiger partial charge in [0.25, 0.3) is 5.19 Å². The van der Waals surface area contributed by atoms with Crippen molar-refractivity contribution in [2.45, 2.75) is 45.6 Å². The average Bonchev–Trinajstić information content (AvgIpc) is 3.68. The highest BCUT2D eigenvalue weighted by Crippen LogP contribution is 2.40. The predicted molar refractivity (Wildman–Crippen MR) is 169 cm³/mol. The number of fused-ring (bicyclic) bond motifs is 2. The van der Waals surface area contributed by atoms with Crippen LogP contribution in [0.1, 0.15) is 50.4 Å². The zero-order chi connectivity index (χ0) is 30.1. The molecule has 0 spiro atoms. The fourth-order valence-electron chi connectivity index (χ4n) is 5.54. The minimum absolute atomic E-state index is 0.376. The Morgan fingerprint density at radius 1 is 1.14 bits per heavy atom. The van der Waals surface area contributed by atoms with Crippen molar-refractivity contribution in [3.8, 4) is 16.7 Å². The highest BCUT2D eigenvalue weighted by atomic mass is 32.1. The van der Waals surface area contributed by atoms with Gasteiger partial charge in [0.1, 0.15) is 17.1 Å². The Bertz CT molecular complexity index is 1620. The number of aromatic nitrogens is 3. The van der Waals surface area contributed by atoms with Crippen molar-refractivity contribution in [3.05, 3.63) is 59.4 Å². The summed E-state index contributed by atoms with van der Waals surface area (Å²) in [4.78, 5) is 20.1. The van der Waals surface area contributed by atoms with Gasteiger partial charge in [0, 0.05) is 48.4 Å². The van der Waals surface area contributed by atoms with Crippen LogP contribution in [0.25, 0.3) is 16.6 Å². The molecule has 1 amide bonds. The van der Waals surface area contributed by atoms with Gasteiger partial charge in [-0.25, -0.2) is 14.3 Å². The van der Waals surface area contributed by atoms with Crippen LogP contribution in [0.15, 0.2) is 42.6 Å². The quantitative estimate of drug-likeness (QED) is 0.242. The first-order valence-corrected chi connectivity index (χ1v) is 15.3. The molecule has 1 atom stereocenters. The highest BCUT2D eigenvalue weighted by molar-refractivity contribution is 7.18. The number of rotatable bonds is 8. The fourth-order valence-corrected chi connectivity index (χ4v) is 6.24. The summed E-state index contributed by atoms with van der Waals surface area (Å²) >= 11 is 1.42. The van der Waals surface area contributed by atoms with Crippen LogP contribution in [0.5, 0.6) is 16.7 Å². The third-order valence-corrected chi connectivity index (χ3v) is 8.42. The van der Waals surface area contributed by atoms with E-state index in [2.05, 4.69) is 27.5 Å². The van der Waals surface area contributed by atoms with Gasteiger partial charge < -0.3 is 23.8 Å². The van der Waals surface area contributed by atoms with Gasteiger partial charge in [-0.15, -0.1) is 5.10 Å².